The first-order chi connectivity index (χ1) is 6.45. The minimum absolute atomic E-state index is 0.0433. The molecule has 1 unspecified atom stereocenters. The van der Waals surface area contributed by atoms with Crippen LogP contribution in [0.15, 0.2) is 4.99 Å². The number of aliphatic imine (C=N–C) groups is 1. The number of hydrogen-bond acceptors (Lipinski definition) is 3. The van der Waals surface area contributed by atoms with Gasteiger partial charge in [-0.25, -0.2) is 0 Å². The summed E-state index contributed by atoms with van der Waals surface area (Å²) in [5.74, 6) is -0.776. The van der Waals surface area contributed by atoms with Crippen molar-refractivity contribution in [3.63, 3.8) is 0 Å². The van der Waals surface area contributed by atoms with E-state index in [0.717, 1.165) is 0 Å². The van der Waals surface area contributed by atoms with Gasteiger partial charge in [0.25, 0.3) is 0 Å². The Bertz CT molecular complexity index is 211. The molecule has 14 heavy (non-hydrogen) atoms. The molecule has 0 aliphatic carbocycles. The van der Waals surface area contributed by atoms with Crippen molar-refractivity contribution >= 4 is 11.9 Å². The van der Waals surface area contributed by atoms with Gasteiger partial charge in [0.05, 0.1) is 0 Å². The fourth-order valence-electron chi connectivity index (χ4n) is 1.10. The van der Waals surface area contributed by atoms with E-state index in [1.54, 1.807) is 19.0 Å². The van der Waals surface area contributed by atoms with Crippen LogP contribution in [-0.4, -0.2) is 48.6 Å². The van der Waals surface area contributed by atoms with Crippen LogP contribution in [-0.2, 0) is 4.79 Å². The molecular formula is C8H18N4O2. The summed E-state index contributed by atoms with van der Waals surface area (Å²) in [5.41, 5.74) is 10.3. The molecule has 0 aromatic heterocycles. The molecule has 0 bridgehead atoms. The number of aliphatic carboxylic acids is 1. The van der Waals surface area contributed by atoms with E-state index in [-0.39, 0.29) is 5.96 Å². The zero-order valence-corrected chi connectivity index (χ0v) is 8.60. The first-order valence-corrected chi connectivity index (χ1v) is 4.39. The Morgan fingerprint density at radius 2 is 2.07 bits per heavy atom. The molecule has 1 atom stereocenters. The number of rotatable bonds is 6. The van der Waals surface area contributed by atoms with Crippen molar-refractivity contribution < 1.29 is 9.90 Å². The lowest BCUT2D eigenvalue weighted by molar-refractivity contribution is -0.142. The molecule has 0 rings (SSSR count). The number of hydrogen-bond donors (Lipinski definition) is 3. The van der Waals surface area contributed by atoms with E-state index in [1.165, 1.54) is 0 Å². The first-order valence-electron chi connectivity index (χ1n) is 4.39. The topological polar surface area (TPSA) is 105 Å². The second-order valence-corrected chi connectivity index (χ2v) is 3.27. The lowest BCUT2D eigenvalue weighted by Crippen LogP contribution is -2.35. The maximum absolute atomic E-state index is 10.7. The van der Waals surface area contributed by atoms with E-state index < -0.39 is 12.0 Å². The third-order valence-electron chi connectivity index (χ3n) is 1.84. The minimum atomic E-state index is -0.820. The molecule has 0 spiro atoms. The molecule has 0 aromatic carbocycles. The van der Waals surface area contributed by atoms with Gasteiger partial charge in [-0.2, -0.15) is 0 Å². The van der Waals surface area contributed by atoms with E-state index >= 15 is 0 Å². The number of likely N-dealkylation sites (N-methyl/N-ethyl adjacent to an activating group) is 1. The fourth-order valence-corrected chi connectivity index (χ4v) is 1.10. The van der Waals surface area contributed by atoms with Gasteiger partial charge >= 0.3 is 5.97 Å². The van der Waals surface area contributed by atoms with Crippen LogP contribution in [0.4, 0.5) is 0 Å². The van der Waals surface area contributed by atoms with Gasteiger partial charge in [0.15, 0.2) is 5.96 Å². The Kier molecular flexibility index (Phi) is 5.62. The zero-order chi connectivity index (χ0) is 11.1. The molecule has 0 aromatic rings. The second kappa shape index (κ2) is 6.20. The van der Waals surface area contributed by atoms with Crippen LogP contribution >= 0.6 is 0 Å². The van der Waals surface area contributed by atoms with Gasteiger partial charge in [0.1, 0.15) is 6.04 Å². The summed E-state index contributed by atoms with van der Waals surface area (Å²) in [4.78, 5) is 16.2. The largest absolute Gasteiger partial charge is 0.480 e. The van der Waals surface area contributed by atoms with Crippen LogP contribution < -0.4 is 11.5 Å². The van der Waals surface area contributed by atoms with Gasteiger partial charge < -0.3 is 16.6 Å². The number of carbonyl (C=O) groups is 1. The van der Waals surface area contributed by atoms with Crippen molar-refractivity contribution in [3.05, 3.63) is 0 Å². The lowest BCUT2D eigenvalue weighted by atomic mass is 10.1. The van der Waals surface area contributed by atoms with Crippen molar-refractivity contribution in [1.29, 1.82) is 0 Å². The van der Waals surface area contributed by atoms with Crippen molar-refractivity contribution in [2.75, 3.05) is 20.6 Å². The van der Waals surface area contributed by atoms with Crippen LogP contribution in [0.3, 0.4) is 0 Å². The highest BCUT2D eigenvalue weighted by molar-refractivity contribution is 5.75. The highest BCUT2D eigenvalue weighted by Gasteiger charge is 2.18. The average molecular weight is 202 g/mol. The Labute approximate surface area is 83.6 Å². The van der Waals surface area contributed by atoms with Crippen molar-refractivity contribution in [2.24, 2.45) is 16.5 Å². The molecule has 0 aliphatic rings. The van der Waals surface area contributed by atoms with Crippen LogP contribution in [0.1, 0.15) is 12.8 Å². The monoisotopic (exact) mass is 202 g/mol. The zero-order valence-electron chi connectivity index (χ0n) is 8.60. The third kappa shape index (κ3) is 5.36. The van der Waals surface area contributed by atoms with Gasteiger partial charge in [0.2, 0.25) is 0 Å². The van der Waals surface area contributed by atoms with E-state index in [9.17, 15) is 4.79 Å². The first kappa shape index (κ1) is 12.7. The Balaban J connectivity index is 3.84. The summed E-state index contributed by atoms with van der Waals surface area (Å²) in [5, 5.41) is 8.83. The summed E-state index contributed by atoms with van der Waals surface area (Å²) in [6.07, 6.45) is 1.20. The molecule has 6 nitrogen and oxygen atoms in total. The van der Waals surface area contributed by atoms with E-state index in [0.29, 0.717) is 19.4 Å². The van der Waals surface area contributed by atoms with Crippen LogP contribution in [0, 0.1) is 0 Å². The molecule has 6 heteroatoms. The number of guanidine groups is 1. The molecule has 0 saturated carbocycles. The second-order valence-electron chi connectivity index (χ2n) is 3.27. The van der Waals surface area contributed by atoms with Crippen molar-refractivity contribution in [3.8, 4) is 0 Å². The number of nitrogens with zero attached hydrogens (tertiary/aromatic N) is 2. The fraction of sp³-hybridized carbons (Fsp3) is 0.750. The number of carboxylic acid groups (broad SMARTS) is 1. The van der Waals surface area contributed by atoms with E-state index in [1.807, 2.05) is 0 Å². The average Bonchev–Trinajstić information content (AvgIpc) is 2.01. The molecular weight excluding hydrogens is 184 g/mol. The van der Waals surface area contributed by atoms with Gasteiger partial charge in [-0.3, -0.25) is 14.7 Å². The minimum Gasteiger partial charge on any atom is -0.480 e. The van der Waals surface area contributed by atoms with Crippen LogP contribution in [0.5, 0.6) is 0 Å². The van der Waals surface area contributed by atoms with Crippen LogP contribution in [0.25, 0.3) is 0 Å². The quantitative estimate of drug-likeness (QED) is 0.293. The molecule has 0 fully saturated rings. The number of carboxylic acids is 1. The maximum atomic E-state index is 10.7. The summed E-state index contributed by atoms with van der Waals surface area (Å²) in [6, 6.07) is -0.468. The van der Waals surface area contributed by atoms with E-state index in [4.69, 9.17) is 16.6 Å². The van der Waals surface area contributed by atoms with Gasteiger partial charge in [-0.05, 0) is 26.9 Å². The summed E-state index contributed by atoms with van der Waals surface area (Å²) in [6.45, 7) is 0.472. The standard InChI is InChI=1S/C8H18N4O2/c1-12(2)6(7(13)14)4-3-5-11-8(9)10/h6H,3-5H2,1-2H3,(H,13,14)(H4,9,10,11). The van der Waals surface area contributed by atoms with E-state index in [2.05, 4.69) is 4.99 Å². The molecule has 0 saturated heterocycles. The lowest BCUT2D eigenvalue weighted by Gasteiger charge is -2.19. The SMILES string of the molecule is CN(C)C(CCCN=C(N)N)C(=O)O. The molecule has 0 radical (unpaired) electrons. The molecule has 0 aliphatic heterocycles. The summed E-state index contributed by atoms with van der Waals surface area (Å²) in [7, 11) is 3.47. The maximum Gasteiger partial charge on any atom is 0.320 e. The third-order valence-corrected chi connectivity index (χ3v) is 1.84. The normalized spacial score (nSPS) is 12.5. The Hall–Kier alpha value is -1.30. The highest BCUT2D eigenvalue weighted by atomic mass is 16.4. The Morgan fingerprint density at radius 3 is 2.43 bits per heavy atom. The Morgan fingerprint density at radius 1 is 1.50 bits per heavy atom. The predicted octanol–water partition coefficient (Wildman–Crippen LogP) is -0.945. The van der Waals surface area contributed by atoms with Gasteiger partial charge in [-0.1, -0.05) is 0 Å². The predicted molar refractivity (Wildman–Crippen MR) is 55.0 cm³/mol. The summed E-state index contributed by atoms with van der Waals surface area (Å²) < 4.78 is 0. The highest BCUT2D eigenvalue weighted by Crippen LogP contribution is 2.03. The van der Waals surface area contributed by atoms with Crippen LogP contribution in [0.2, 0.25) is 0 Å². The number of nitrogens with two attached hydrogens (primary N) is 2. The smallest absolute Gasteiger partial charge is 0.320 e. The van der Waals surface area contributed by atoms with Crippen molar-refractivity contribution in [1.82, 2.24) is 4.90 Å². The molecule has 5 N–H and O–H groups in total. The van der Waals surface area contributed by atoms with Gasteiger partial charge in [0, 0.05) is 6.54 Å². The molecule has 0 heterocycles. The van der Waals surface area contributed by atoms with Gasteiger partial charge in [-0.15, -0.1) is 0 Å². The summed E-state index contributed by atoms with van der Waals surface area (Å²) >= 11 is 0. The molecule has 0 amide bonds. The molecule has 82 valence electrons. The van der Waals surface area contributed by atoms with Crippen molar-refractivity contribution in [2.45, 2.75) is 18.9 Å².